The lowest BCUT2D eigenvalue weighted by molar-refractivity contribution is 0.0187. The fourth-order valence-corrected chi connectivity index (χ4v) is 3.88. The van der Waals surface area contributed by atoms with Crippen LogP contribution in [0.25, 0.3) is 0 Å². The lowest BCUT2D eigenvalue weighted by atomic mass is 10.0. The van der Waals surface area contributed by atoms with E-state index in [0.29, 0.717) is 31.1 Å². The number of ether oxygens (including phenoxy) is 3. The number of fused-ring (bicyclic) bond motifs is 1. The highest BCUT2D eigenvalue weighted by Crippen LogP contribution is 2.32. The van der Waals surface area contributed by atoms with Crippen LogP contribution in [-0.4, -0.2) is 47.0 Å². The number of nitrogens with one attached hydrogen (secondary N) is 1. The molecule has 8 heteroatoms. The number of aromatic nitrogens is 1. The van der Waals surface area contributed by atoms with Crippen LogP contribution in [-0.2, 0) is 11.3 Å². The van der Waals surface area contributed by atoms with Gasteiger partial charge in [0.05, 0.1) is 0 Å². The van der Waals surface area contributed by atoms with E-state index < -0.39 is 5.60 Å². The largest absolute Gasteiger partial charge is 0.454 e. The van der Waals surface area contributed by atoms with Crippen molar-refractivity contribution >= 4 is 12.0 Å². The van der Waals surface area contributed by atoms with Crippen LogP contribution in [0, 0.1) is 0 Å². The summed E-state index contributed by atoms with van der Waals surface area (Å²) in [5.74, 6) is 1.30. The second kappa shape index (κ2) is 8.53. The van der Waals surface area contributed by atoms with E-state index in [1.54, 1.807) is 4.90 Å². The standard InChI is InChI=1S/C23H29N3O5/c1-23(2,3)31-22(28)25-11-8-17(9-12-25)26-10-4-5-18(26)21(27)24-14-16-6-7-19-20(13-16)30-15-29-19/h4-7,10,13,17H,8-9,11-12,14-15H2,1-3H3,(H,24,27). The number of carbonyl (C=O) groups is 2. The van der Waals surface area contributed by atoms with E-state index >= 15 is 0 Å². The molecule has 1 N–H and O–H groups in total. The molecule has 0 aliphatic carbocycles. The molecule has 31 heavy (non-hydrogen) atoms. The molecular weight excluding hydrogens is 398 g/mol. The lowest BCUT2D eigenvalue weighted by Crippen LogP contribution is -2.42. The van der Waals surface area contributed by atoms with Crippen molar-refractivity contribution in [2.75, 3.05) is 19.9 Å². The smallest absolute Gasteiger partial charge is 0.410 e. The maximum absolute atomic E-state index is 12.8. The van der Waals surface area contributed by atoms with Crippen LogP contribution in [0.5, 0.6) is 11.5 Å². The molecule has 3 heterocycles. The van der Waals surface area contributed by atoms with Gasteiger partial charge >= 0.3 is 6.09 Å². The predicted molar refractivity (Wildman–Crippen MR) is 114 cm³/mol. The van der Waals surface area contributed by atoms with E-state index in [-0.39, 0.29) is 24.8 Å². The molecule has 4 rings (SSSR count). The van der Waals surface area contributed by atoms with Gasteiger partial charge in [0.1, 0.15) is 11.3 Å². The second-order valence-corrected chi connectivity index (χ2v) is 8.87. The number of benzene rings is 1. The van der Waals surface area contributed by atoms with Crippen molar-refractivity contribution in [3.8, 4) is 11.5 Å². The zero-order valence-corrected chi connectivity index (χ0v) is 18.2. The van der Waals surface area contributed by atoms with Crippen molar-refractivity contribution in [3.05, 3.63) is 47.8 Å². The summed E-state index contributed by atoms with van der Waals surface area (Å²) in [5, 5.41) is 2.98. The maximum atomic E-state index is 12.8. The zero-order chi connectivity index (χ0) is 22.0. The van der Waals surface area contributed by atoms with E-state index in [1.807, 2.05) is 61.9 Å². The Bertz CT molecular complexity index is 954. The first-order valence-corrected chi connectivity index (χ1v) is 10.6. The molecule has 2 aliphatic heterocycles. The molecule has 1 aromatic heterocycles. The van der Waals surface area contributed by atoms with E-state index in [1.165, 1.54) is 0 Å². The van der Waals surface area contributed by atoms with E-state index in [2.05, 4.69) is 5.32 Å². The summed E-state index contributed by atoms with van der Waals surface area (Å²) >= 11 is 0. The average molecular weight is 428 g/mol. The highest BCUT2D eigenvalue weighted by molar-refractivity contribution is 5.92. The van der Waals surface area contributed by atoms with Gasteiger partial charge in [0.15, 0.2) is 11.5 Å². The summed E-state index contributed by atoms with van der Waals surface area (Å²) in [6.45, 7) is 7.44. The van der Waals surface area contributed by atoms with Gasteiger partial charge in [-0.25, -0.2) is 4.79 Å². The van der Waals surface area contributed by atoms with Crippen molar-refractivity contribution < 1.29 is 23.8 Å². The summed E-state index contributed by atoms with van der Waals surface area (Å²) in [4.78, 5) is 26.9. The minimum atomic E-state index is -0.502. The molecule has 2 aromatic rings. The van der Waals surface area contributed by atoms with Crippen LogP contribution in [0.3, 0.4) is 0 Å². The van der Waals surface area contributed by atoms with Gasteiger partial charge in [-0.15, -0.1) is 0 Å². The molecule has 2 aliphatic rings. The van der Waals surface area contributed by atoms with Crippen LogP contribution in [0.1, 0.15) is 55.7 Å². The van der Waals surface area contributed by atoms with E-state index in [0.717, 1.165) is 24.2 Å². The van der Waals surface area contributed by atoms with E-state index in [4.69, 9.17) is 14.2 Å². The van der Waals surface area contributed by atoms with Crippen LogP contribution in [0.4, 0.5) is 4.79 Å². The van der Waals surface area contributed by atoms with Crippen LogP contribution < -0.4 is 14.8 Å². The highest BCUT2D eigenvalue weighted by atomic mass is 16.7. The average Bonchev–Trinajstić information content (AvgIpc) is 3.40. The van der Waals surface area contributed by atoms with Gasteiger partial charge in [-0.1, -0.05) is 6.07 Å². The molecule has 0 bridgehead atoms. The molecular formula is C23H29N3O5. The third kappa shape index (κ3) is 4.95. The third-order valence-corrected chi connectivity index (χ3v) is 5.41. The lowest BCUT2D eigenvalue weighted by Gasteiger charge is -2.34. The molecule has 166 valence electrons. The monoisotopic (exact) mass is 427 g/mol. The summed E-state index contributed by atoms with van der Waals surface area (Å²) < 4.78 is 18.2. The molecule has 1 fully saturated rings. The molecule has 1 aromatic carbocycles. The Morgan fingerprint density at radius 2 is 1.87 bits per heavy atom. The zero-order valence-electron chi connectivity index (χ0n) is 18.2. The number of nitrogens with zero attached hydrogens (tertiary/aromatic N) is 2. The van der Waals surface area contributed by atoms with Crippen LogP contribution in [0.15, 0.2) is 36.5 Å². The van der Waals surface area contributed by atoms with Gasteiger partial charge < -0.3 is 29.0 Å². The number of rotatable bonds is 4. The SMILES string of the molecule is CC(C)(C)OC(=O)N1CCC(n2cccc2C(=O)NCc2ccc3c(c2)OCO3)CC1. The first kappa shape index (κ1) is 21.1. The summed E-state index contributed by atoms with van der Waals surface area (Å²) in [6.07, 6.45) is 3.20. The van der Waals surface area contributed by atoms with Gasteiger partial charge in [0.25, 0.3) is 5.91 Å². The van der Waals surface area contributed by atoms with Gasteiger partial charge in [0.2, 0.25) is 6.79 Å². The fraction of sp³-hybridized carbons (Fsp3) is 0.478. The Hall–Kier alpha value is -3.16. The Labute approximate surface area is 182 Å². The van der Waals surface area contributed by atoms with Gasteiger partial charge in [-0.05, 0) is 63.4 Å². The normalized spacial score (nSPS) is 16.3. The fourth-order valence-electron chi connectivity index (χ4n) is 3.88. The topological polar surface area (TPSA) is 82.0 Å². The number of carbonyl (C=O) groups excluding carboxylic acids is 2. The molecule has 0 radical (unpaired) electrons. The summed E-state index contributed by atoms with van der Waals surface area (Å²) in [5.41, 5.74) is 1.07. The summed E-state index contributed by atoms with van der Waals surface area (Å²) in [7, 11) is 0. The molecule has 0 unspecified atom stereocenters. The van der Waals surface area contributed by atoms with Crippen molar-refractivity contribution in [2.45, 2.75) is 51.8 Å². The molecule has 0 spiro atoms. The molecule has 0 saturated carbocycles. The second-order valence-electron chi connectivity index (χ2n) is 8.87. The van der Waals surface area contributed by atoms with E-state index in [9.17, 15) is 9.59 Å². The van der Waals surface area contributed by atoms with Gasteiger partial charge in [-0.3, -0.25) is 4.79 Å². The molecule has 8 nitrogen and oxygen atoms in total. The number of hydrogen-bond donors (Lipinski definition) is 1. The van der Waals surface area contributed by atoms with Crippen molar-refractivity contribution in [1.29, 1.82) is 0 Å². The summed E-state index contributed by atoms with van der Waals surface area (Å²) in [6, 6.07) is 9.53. The highest BCUT2D eigenvalue weighted by Gasteiger charge is 2.28. The Morgan fingerprint density at radius 1 is 1.13 bits per heavy atom. The number of piperidine rings is 1. The van der Waals surface area contributed by atoms with Crippen molar-refractivity contribution in [2.24, 2.45) is 0 Å². The van der Waals surface area contributed by atoms with Crippen LogP contribution >= 0.6 is 0 Å². The van der Waals surface area contributed by atoms with Gasteiger partial charge in [0, 0.05) is 31.9 Å². The quantitative estimate of drug-likeness (QED) is 0.804. The molecule has 1 saturated heterocycles. The minimum absolute atomic E-state index is 0.128. The third-order valence-electron chi connectivity index (χ3n) is 5.41. The maximum Gasteiger partial charge on any atom is 0.410 e. The Morgan fingerprint density at radius 3 is 2.61 bits per heavy atom. The number of hydrogen-bond acceptors (Lipinski definition) is 5. The first-order chi connectivity index (χ1) is 14.8. The minimum Gasteiger partial charge on any atom is -0.454 e. The van der Waals surface area contributed by atoms with Crippen molar-refractivity contribution in [1.82, 2.24) is 14.8 Å². The van der Waals surface area contributed by atoms with Crippen molar-refractivity contribution in [3.63, 3.8) is 0 Å². The molecule has 0 atom stereocenters. The molecule has 2 amide bonds. The van der Waals surface area contributed by atoms with Crippen LogP contribution in [0.2, 0.25) is 0 Å². The van der Waals surface area contributed by atoms with Gasteiger partial charge in [-0.2, -0.15) is 0 Å². The Balaban J connectivity index is 1.33. The number of likely N-dealkylation sites (tertiary alicyclic amines) is 1. The predicted octanol–water partition coefficient (Wildman–Crippen LogP) is 3.72. The first-order valence-electron chi connectivity index (χ1n) is 10.6. The Kier molecular flexibility index (Phi) is 5.80. The number of amides is 2.